The van der Waals surface area contributed by atoms with E-state index in [0.29, 0.717) is 11.3 Å². The molecule has 0 aliphatic rings. The summed E-state index contributed by atoms with van der Waals surface area (Å²) in [6, 6.07) is 22.6. The van der Waals surface area contributed by atoms with E-state index < -0.39 is 0 Å². The third-order valence-corrected chi connectivity index (χ3v) is 5.45. The van der Waals surface area contributed by atoms with E-state index in [1.165, 1.54) is 13.2 Å². The van der Waals surface area contributed by atoms with Gasteiger partial charge < -0.3 is 18.8 Å². The first-order valence-corrected chi connectivity index (χ1v) is 9.88. The van der Waals surface area contributed by atoms with Crippen LogP contribution in [-0.2, 0) is 7.05 Å². The average Bonchev–Trinajstić information content (AvgIpc) is 3.15. The second kappa shape index (κ2) is 8.56. The molecule has 158 valence electrons. The molecule has 1 heterocycles. The van der Waals surface area contributed by atoms with E-state index in [2.05, 4.69) is 6.07 Å². The Balaban J connectivity index is 1.93. The Morgan fingerprint density at radius 2 is 1.13 bits per heavy atom. The zero-order valence-electron chi connectivity index (χ0n) is 18.0. The number of hydrogen-bond acceptors (Lipinski definition) is 3. The minimum Gasteiger partial charge on any atom is -0.497 e. The van der Waals surface area contributed by atoms with E-state index >= 15 is 4.39 Å². The standard InChI is InChI=1S/C26H24FNO3/c1-28-25(18-7-11-20(30-3)12-8-18)16-23(17-5-9-19(29-2)10-6-17)26(28)22-14-13-21(31-4)15-24(22)27/h5-16H,1-4H3. The Morgan fingerprint density at radius 1 is 0.613 bits per heavy atom. The molecule has 0 saturated carbocycles. The molecule has 0 saturated heterocycles. The fraction of sp³-hybridized carbons (Fsp3) is 0.154. The Labute approximate surface area is 181 Å². The highest BCUT2D eigenvalue weighted by Crippen LogP contribution is 2.40. The van der Waals surface area contributed by atoms with Gasteiger partial charge in [-0.25, -0.2) is 4.39 Å². The molecule has 0 N–H and O–H groups in total. The summed E-state index contributed by atoms with van der Waals surface area (Å²) in [6.45, 7) is 0. The quantitative estimate of drug-likeness (QED) is 0.375. The van der Waals surface area contributed by atoms with Crippen LogP contribution in [0.2, 0.25) is 0 Å². The van der Waals surface area contributed by atoms with Gasteiger partial charge in [-0.3, -0.25) is 0 Å². The van der Waals surface area contributed by atoms with Crippen molar-refractivity contribution in [3.05, 3.63) is 78.6 Å². The van der Waals surface area contributed by atoms with E-state index in [1.807, 2.05) is 60.1 Å². The molecule has 0 radical (unpaired) electrons. The van der Waals surface area contributed by atoms with Gasteiger partial charge in [0.1, 0.15) is 23.1 Å². The number of halogens is 1. The minimum absolute atomic E-state index is 0.336. The molecule has 31 heavy (non-hydrogen) atoms. The normalized spacial score (nSPS) is 10.7. The summed E-state index contributed by atoms with van der Waals surface area (Å²) in [5, 5.41) is 0. The number of methoxy groups -OCH3 is 3. The summed E-state index contributed by atoms with van der Waals surface area (Å²) in [4.78, 5) is 0. The summed E-state index contributed by atoms with van der Waals surface area (Å²) in [5.74, 6) is 1.70. The molecule has 5 heteroatoms. The lowest BCUT2D eigenvalue weighted by atomic mass is 10.0. The lowest BCUT2D eigenvalue weighted by Crippen LogP contribution is -1.98. The van der Waals surface area contributed by atoms with Crippen LogP contribution in [0.4, 0.5) is 4.39 Å². The van der Waals surface area contributed by atoms with Gasteiger partial charge in [-0.2, -0.15) is 0 Å². The van der Waals surface area contributed by atoms with Gasteiger partial charge in [0.05, 0.1) is 27.0 Å². The van der Waals surface area contributed by atoms with Crippen LogP contribution in [0.1, 0.15) is 0 Å². The van der Waals surface area contributed by atoms with Crippen molar-refractivity contribution in [2.75, 3.05) is 21.3 Å². The van der Waals surface area contributed by atoms with Crippen molar-refractivity contribution < 1.29 is 18.6 Å². The molecular weight excluding hydrogens is 393 g/mol. The summed E-state index contributed by atoms with van der Waals surface area (Å²) >= 11 is 0. The van der Waals surface area contributed by atoms with Gasteiger partial charge in [0.15, 0.2) is 0 Å². The predicted octanol–water partition coefficient (Wildman–Crippen LogP) is 6.19. The van der Waals surface area contributed by atoms with Crippen molar-refractivity contribution >= 4 is 0 Å². The van der Waals surface area contributed by atoms with E-state index in [-0.39, 0.29) is 5.82 Å². The number of benzene rings is 3. The van der Waals surface area contributed by atoms with Crippen LogP contribution >= 0.6 is 0 Å². The zero-order valence-corrected chi connectivity index (χ0v) is 18.0. The molecule has 0 bridgehead atoms. The second-order valence-electron chi connectivity index (χ2n) is 7.15. The molecule has 0 spiro atoms. The lowest BCUT2D eigenvalue weighted by Gasteiger charge is -2.12. The molecule has 0 fully saturated rings. The number of ether oxygens (including phenoxy) is 3. The monoisotopic (exact) mass is 417 g/mol. The Kier molecular flexibility index (Phi) is 5.67. The Morgan fingerprint density at radius 3 is 1.65 bits per heavy atom. The van der Waals surface area contributed by atoms with Gasteiger partial charge in [-0.05, 0) is 65.7 Å². The average molecular weight is 417 g/mol. The van der Waals surface area contributed by atoms with Crippen LogP contribution < -0.4 is 14.2 Å². The van der Waals surface area contributed by atoms with Crippen molar-refractivity contribution in [2.45, 2.75) is 0 Å². The molecule has 1 aromatic heterocycles. The largest absolute Gasteiger partial charge is 0.497 e. The highest BCUT2D eigenvalue weighted by Gasteiger charge is 2.20. The predicted molar refractivity (Wildman–Crippen MR) is 121 cm³/mol. The number of hydrogen-bond donors (Lipinski definition) is 0. The first-order chi connectivity index (χ1) is 15.0. The zero-order chi connectivity index (χ0) is 22.0. The minimum atomic E-state index is -0.336. The van der Waals surface area contributed by atoms with Gasteiger partial charge in [0.2, 0.25) is 0 Å². The van der Waals surface area contributed by atoms with Gasteiger partial charge >= 0.3 is 0 Å². The molecule has 0 amide bonds. The highest BCUT2D eigenvalue weighted by atomic mass is 19.1. The molecule has 4 rings (SSSR count). The third-order valence-electron chi connectivity index (χ3n) is 5.45. The fourth-order valence-electron chi connectivity index (χ4n) is 3.77. The maximum atomic E-state index is 15.1. The summed E-state index contributed by atoms with van der Waals surface area (Å²) in [6.07, 6.45) is 0. The third kappa shape index (κ3) is 3.87. The molecule has 0 aliphatic carbocycles. The molecule has 0 aliphatic heterocycles. The van der Waals surface area contributed by atoms with Crippen LogP contribution in [0.3, 0.4) is 0 Å². The van der Waals surface area contributed by atoms with Crippen LogP contribution in [0.15, 0.2) is 72.8 Å². The lowest BCUT2D eigenvalue weighted by molar-refractivity contribution is 0.411. The van der Waals surface area contributed by atoms with Crippen LogP contribution in [0, 0.1) is 5.82 Å². The van der Waals surface area contributed by atoms with Crippen molar-refractivity contribution in [1.82, 2.24) is 4.57 Å². The van der Waals surface area contributed by atoms with Crippen molar-refractivity contribution in [1.29, 1.82) is 0 Å². The molecule has 0 atom stereocenters. The molecule has 3 aromatic carbocycles. The highest BCUT2D eigenvalue weighted by molar-refractivity contribution is 5.87. The van der Waals surface area contributed by atoms with Gasteiger partial charge in [-0.1, -0.05) is 12.1 Å². The van der Waals surface area contributed by atoms with Crippen LogP contribution in [0.25, 0.3) is 33.6 Å². The van der Waals surface area contributed by atoms with E-state index in [1.54, 1.807) is 26.4 Å². The smallest absolute Gasteiger partial charge is 0.136 e. The van der Waals surface area contributed by atoms with Gasteiger partial charge in [0, 0.05) is 29.9 Å². The SMILES string of the molecule is COc1ccc(-c2cc(-c3ccc(OC)cc3)n(C)c2-c2ccc(OC)cc2F)cc1. The molecule has 4 aromatic rings. The van der Waals surface area contributed by atoms with E-state index in [4.69, 9.17) is 14.2 Å². The maximum absolute atomic E-state index is 15.1. The van der Waals surface area contributed by atoms with Crippen molar-refractivity contribution in [3.8, 4) is 50.9 Å². The topological polar surface area (TPSA) is 32.6 Å². The maximum Gasteiger partial charge on any atom is 0.136 e. The van der Waals surface area contributed by atoms with E-state index in [9.17, 15) is 0 Å². The Bertz CT molecular complexity index is 1190. The summed E-state index contributed by atoms with van der Waals surface area (Å²) in [7, 11) is 6.76. The fourth-order valence-corrected chi connectivity index (χ4v) is 3.77. The Hall–Kier alpha value is -3.73. The molecule has 0 unspecified atom stereocenters. The summed E-state index contributed by atoms with van der Waals surface area (Å²) in [5.41, 5.74) is 5.18. The number of aromatic nitrogens is 1. The summed E-state index contributed by atoms with van der Waals surface area (Å²) < 4.78 is 32.9. The number of rotatable bonds is 6. The number of nitrogens with zero attached hydrogens (tertiary/aromatic N) is 1. The first kappa shape index (κ1) is 20.5. The first-order valence-electron chi connectivity index (χ1n) is 9.88. The molecular formula is C26H24FNO3. The van der Waals surface area contributed by atoms with Crippen LogP contribution in [-0.4, -0.2) is 25.9 Å². The van der Waals surface area contributed by atoms with Crippen molar-refractivity contribution in [2.24, 2.45) is 7.05 Å². The van der Waals surface area contributed by atoms with Gasteiger partial charge in [0.25, 0.3) is 0 Å². The second-order valence-corrected chi connectivity index (χ2v) is 7.15. The van der Waals surface area contributed by atoms with Crippen LogP contribution in [0.5, 0.6) is 17.2 Å². The van der Waals surface area contributed by atoms with E-state index in [0.717, 1.165) is 39.6 Å². The molecule has 4 nitrogen and oxygen atoms in total. The van der Waals surface area contributed by atoms with Gasteiger partial charge in [-0.15, -0.1) is 0 Å². The van der Waals surface area contributed by atoms with Crippen molar-refractivity contribution in [3.63, 3.8) is 0 Å².